The van der Waals surface area contributed by atoms with Crippen molar-refractivity contribution in [3.8, 4) is 0 Å². The lowest BCUT2D eigenvalue weighted by Gasteiger charge is -2.27. The van der Waals surface area contributed by atoms with Crippen LogP contribution in [0.1, 0.15) is 22.7 Å². The van der Waals surface area contributed by atoms with Crippen LogP contribution in [0.4, 0.5) is 0 Å². The van der Waals surface area contributed by atoms with Crippen LogP contribution in [0, 0.1) is 0 Å². The van der Waals surface area contributed by atoms with E-state index in [2.05, 4.69) is 16.1 Å². The molecule has 0 saturated carbocycles. The standard InChI is InChI=1S/C17H18Cl2N2O2S.ClH/c18-15-6-5-12(9-16(15)19)11-24(22,23)21-10-17-14-4-2-1-3-13(14)7-8-20-17;/h1-6,9,17,20-21H,7-8,10-11H2;1H. The summed E-state index contributed by atoms with van der Waals surface area (Å²) in [5.74, 6) is -0.127. The Labute approximate surface area is 164 Å². The van der Waals surface area contributed by atoms with Gasteiger partial charge in [0.25, 0.3) is 0 Å². The van der Waals surface area contributed by atoms with Crippen molar-refractivity contribution in [2.45, 2.75) is 18.2 Å². The van der Waals surface area contributed by atoms with Crippen LogP contribution >= 0.6 is 35.6 Å². The zero-order valence-electron chi connectivity index (χ0n) is 13.3. The fourth-order valence-corrected chi connectivity index (χ4v) is 4.35. The van der Waals surface area contributed by atoms with Gasteiger partial charge in [-0.05, 0) is 41.8 Å². The predicted molar refractivity (Wildman–Crippen MR) is 105 cm³/mol. The summed E-state index contributed by atoms with van der Waals surface area (Å²) in [5, 5.41) is 4.13. The number of sulfonamides is 1. The lowest BCUT2D eigenvalue weighted by molar-refractivity contribution is 0.491. The van der Waals surface area contributed by atoms with Crippen molar-refractivity contribution in [2.24, 2.45) is 0 Å². The van der Waals surface area contributed by atoms with Gasteiger partial charge in [0, 0.05) is 12.6 Å². The van der Waals surface area contributed by atoms with Crippen LogP contribution in [0.3, 0.4) is 0 Å². The van der Waals surface area contributed by atoms with Crippen LogP contribution in [0.2, 0.25) is 10.0 Å². The number of hydrogen-bond donors (Lipinski definition) is 2. The monoisotopic (exact) mass is 420 g/mol. The molecule has 1 aliphatic rings. The van der Waals surface area contributed by atoms with E-state index >= 15 is 0 Å². The maximum absolute atomic E-state index is 12.3. The quantitative estimate of drug-likeness (QED) is 0.773. The minimum absolute atomic E-state index is 0. The first-order valence-corrected chi connectivity index (χ1v) is 10.1. The summed E-state index contributed by atoms with van der Waals surface area (Å²) in [6.45, 7) is 1.16. The Morgan fingerprint density at radius 3 is 2.64 bits per heavy atom. The summed E-state index contributed by atoms with van der Waals surface area (Å²) in [6, 6.07) is 13.0. The summed E-state index contributed by atoms with van der Waals surface area (Å²) < 4.78 is 27.4. The molecule has 0 radical (unpaired) electrons. The lowest BCUT2D eigenvalue weighted by Crippen LogP contribution is -2.39. The van der Waals surface area contributed by atoms with Crippen LogP contribution < -0.4 is 10.0 Å². The Hall–Kier alpha value is -0.820. The van der Waals surface area contributed by atoms with Gasteiger partial charge in [-0.25, -0.2) is 13.1 Å². The normalized spacial score (nSPS) is 16.8. The topological polar surface area (TPSA) is 58.2 Å². The van der Waals surface area contributed by atoms with Crippen LogP contribution in [0.15, 0.2) is 42.5 Å². The van der Waals surface area contributed by atoms with Crippen LogP contribution in [0.5, 0.6) is 0 Å². The first-order valence-electron chi connectivity index (χ1n) is 7.67. The Balaban J connectivity index is 0.00000225. The Morgan fingerprint density at radius 2 is 1.88 bits per heavy atom. The minimum Gasteiger partial charge on any atom is -0.308 e. The molecule has 0 bridgehead atoms. The Morgan fingerprint density at radius 1 is 1.12 bits per heavy atom. The van der Waals surface area contributed by atoms with Gasteiger partial charge in [0.05, 0.1) is 15.8 Å². The van der Waals surface area contributed by atoms with Gasteiger partial charge in [-0.1, -0.05) is 53.5 Å². The minimum atomic E-state index is -3.46. The summed E-state index contributed by atoms with van der Waals surface area (Å²) in [4.78, 5) is 0. The molecule has 2 aromatic rings. The second-order valence-corrected chi connectivity index (χ2v) is 8.43. The molecule has 3 rings (SSSR count). The van der Waals surface area contributed by atoms with E-state index in [0.29, 0.717) is 22.2 Å². The Bertz CT molecular complexity index is 844. The third kappa shape index (κ3) is 5.33. The number of benzene rings is 2. The molecule has 0 aliphatic carbocycles. The summed E-state index contributed by atoms with van der Waals surface area (Å²) in [5.41, 5.74) is 3.03. The molecule has 1 aliphatic heterocycles. The fraction of sp³-hybridized carbons (Fsp3) is 0.294. The number of hydrogen-bond acceptors (Lipinski definition) is 3. The zero-order valence-corrected chi connectivity index (χ0v) is 16.5. The van der Waals surface area contributed by atoms with E-state index in [-0.39, 0.29) is 24.2 Å². The molecule has 0 saturated heterocycles. The lowest BCUT2D eigenvalue weighted by atomic mass is 9.95. The number of rotatable bonds is 5. The third-order valence-electron chi connectivity index (χ3n) is 4.06. The van der Waals surface area contributed by atoms with Crippen molar-refractivity contribution in [1.29, 1.82) is 0 Å². The predicted octanol–water partition coefficient (Wildman–Crippen LogP) is 3.72. The van der Waals surface area contributed by atoms with Gasteiger partial charge in [0.15, 0.2) is 0 Å². The largest absolute Gasteiger partial charge is 0.308 e. The molecular weight excluding hydrogens is 403 g/mol. The van der Waals surface area contributed by atoms with Gasteiger partial charge in [0.1, 0.15) is 0 Å². The highest BCUT2D eigenvalue weighted by Gasteiger charge is 2.21. The summed E-state index contributed by atoms with van der Waals surface area (Å²) in [6.07, 6.45) is 0.961. The molecule has 1 atom stereocenters. The van der Waals surface area contributed by atoms with Crippen molar-refractivity contribution in [1.82, 2.24) is 10.0 Å². The smallest absolute Gasteiger partial charge is 0.215 e. The molecule has 1 heterocycles. The van der Waals surface area contributed by atoms with E-state index in [1.165, 1.54) is 5.56 Å². The molecular formula is C17H19Cl3N2O2S. The highest BCUT2D eigenvalue weighted by Crippen LogP contribution is 2.24. The number of fused-ring (bicyclic) bond motifs is 1. The van der Waals surface area contributed by atoms with Crippen LogP contribution in [-0.2, 0) is 22.2 Å². The average molecular weight is 422 g/mol. The first-order chi connectivity index (χ1) is 11.4. The van der Waals surface area contributed by atoms with Crippen LogP contribution in [-0.4, -0.2) is 21.5 Å². The van der Waals surface area contributed by atoms with E-state index in [4.69, 9.17) is 23.2 Å². The van der Waals surface area contributed by atoms with Gasteiger partial charge in [-0.3, -0.25) is 0 Å². The molecule has 136 valence electrons. The van der Waals surface area contributed by atoms with Gasteiger partial charge in [-0.2, -0.15) is 0 Å². The van der Waals surface area contributed by atoms with Crippen molar-refractivity contribution in [3.63, 3.8) is 0 Å². The highest BCUT2D eigenvalue weighted by atomic mass is 35.5. The van der Waals surface area contributed by atoms with E-state index in [9.17, 15) is 8.42 Å². The second kappa shape index (κ2) is 8.71. The van der Waals surface area contributed by atoms with Gasteiger partial charge < -0.3 is 5.32 Å². The molecule has 2 aromatic carbocycles. The van der Waals surface area contributed by atoms with E-state index in [0.717, 1.165) is 18.5 Å². The fourth-order valence-electron chi connectivity index (χ4n) is 2.89. The van der Waals surface area contributed by atoms with E-state index in [1.54, 1.807) is 18.2 Å². The molecule has 0 fully saturated rings. The summed E-state index contributed by atoms with van der Waals surface area (Å²) in [7, 11) is -3.46. The molecule has 0 amide bonds. The van der Waals surface area contributed by atoms with Crippen molar-refractivity contribution in [3.05, 3.63) is 69.2 Å². The molecule has 25 heavy (non-hydrogen) atoms. The maximum atomic E-state index is 12.3. The first kappa shape index (κ1) is 20.5. The van der Waals surface area contributed by atoms with Gasteiger partial charge >= 0.3 is 0 Å². The molecule has 2 N–H and O–H groups in total. The van der Waals surface area contributed by atoms with Crippen molar-refractivity contribution < 1.29 is 8.42 Å². The molecule has 4 nitrogen and oxygen atoms in total. The van der Waals surface area contributed by atoms with Crippen molar-refractivity contribution >= 4 is 45.6 Å². The van der Waals surface area contributed by atoms with Gasteiger partial charge in [-0.15, -0.1) is 12.4 Å². The molecule has 0 aromatic heterocycles. The second-order valence-electron chi connectivity index (χ2n) is 5.81. The zero-order chi connectivity index (χ0) is 17.2. The van der Waals surface area contributed by atoms with Crippen molar-refractivity contribution in [2.75, 3.05) is 13.1 Å². The van der Waals surface area contributed by atoms with E-state index in [1.807, 2.05) is 18.2 Å². The average Bonchev–Trinajstić information content (AvgIpc) is 2.56. The van der Waals surface area contributed by atoms with E-state index < -0.39 is 10.0 Å². The maximum Gasteiger partial charge on any atom is 0.215 e. The van der Waals surface area contributed by atoms with Crippen LogP contribution in [0.25, 0.3) is 0 Å². The van der Waals surface area contributed by atoms with Gasteiger partial charge in [0.2, 0.25) is 10.0 Å². The molecule has 1 unspecified atom stereocenters. The Kier molecular flexibility index (Phi) is 7.14. The number of nitrogens with one attached hydrogen (secondary N) is 2. The third-order valence-corrected chi connectivity index (χ3v) is 6.12. The molecule has 8 heteroatoms. The molecule has 0 spiro atoms. The number of halogens is 3. The summed E-state index contributed by atoms with van der Waals surface area (Å²) >= 11 is 11.8. The SMILES string of the molecule is Cl.O=S(=O)(Cc1ccc(Cl)c(Cl)c1)NCC1NCCc2ccccc21. The highest BCUT2D eigenvalue weighted by molar-refractivity contribution is 7.88.